The van der Waals surface area contributed by atoms with E-state index in [9.17, 15) is 0 Å². The highest BCUT2D eigenvalue weighted by Gasteiger charge is 2.03. The van der Waals surface area contributed by atoms with Crippen molar-refractivity contribution in [2.75, 3.05) is 17.2 Å². The number of hydrogen-bond donors (Lipinski definition) is 2. The van der Waals surface area contributed by atoms with Crippen molar-refractivity contribution >= 4 is 33.3 Å². The first-order valence-corrected chi connectivity index (χ1v) is 7.23. The fraction of sp³-hybridized carbons (Fsp3) is 0.267. The van der Waals surface area contributed by atoms with Gasteiger partial charge in [-0.1, -0.05) is 35.0 Å². The van der Waals surface area contributed by atoms with Crippen LogP contribution in [0.2, 0.25) is 0 Å². The Morgan fingerprint density at radius 3 is 2.63 bits per heavy atom. The summed E-state index contributed by atoms with van der Waals surface area (Å²) < 4.78 is 1.10. The van der Waals surface area contributed by atoms with E-state index in [-0.39, 0.29) is 0 Å². The monoisotopic (exact) mass is 319 g/mol. The molecule has 0 aliphatic heterocycles. The smallest absolute Gasteiger partial charge is 0.132 e. The van der Waals surface area contributed by atoms with Crippen molar-refractivity contribution < 1.29 is 0 Å². The Bertz CT molecular complexity index is 555. The van der Waals surface area contributed by atoms with Gasteiger partial charge in [0.05, 0.1) is 0 Å². The molecule has 19 heavy (non-hydrogen) atoms. The molecule has 0 amide bonds. The number of nitrogens with zero attached hydrogens (tertiary/aromatic N) is 1. The lowest BCUT2D eigenvalue weighted by Crippen LogP contribution is -2.03. The third-order valence-corrected chi connectivity index (χ3v) is 3.69. The molecule has 3 nitrogen and oxygen atoms in total. The van der Waals surface area contributed by atoms with Gasteiger partial charge in [-0.05, 0) is 43.2 Å². The van der Waals surface area contributed by atoms with E-state index < -0.39 is 0 Å². The highest BCUT2D eigenvalue weighted by atomic mass is 79.9. The van der Waals surface area contributed by atoms with Gasteiger partial charge in [0.25, 0.3) is 0 Å². The van der Waals surface area contributed by atoms with Crippen LogP contribution in [-0.4, -0.2) is 11.5 Å². The predicted octanol–water partition coefficient (Wildman–Crippen LogP) is 4.72. The van der Waals surface area contributed by atoms with Gasteiger partial charge < -0.3 is 10.6 Å². The molecule has 0 radical (unpaired) electrons. The molecule has 4 heteroatoms. The molecule has 1 aromatic carbocycles. The van der Waals surface area contributed by atoms with Gasteiger partial charge in [-0.2, -0.15) is 0 Å². The molecule has 1 aromatic heterocycles. The number of pyridine rings is 1. The molecular weight excluding hydrogens is 302 g/mol. The quantitative estimate of drug-likeness (QED) is 0.837. The maximum atomic E-state index is 4.54. The molecule has 100 valence electrons. The standard InChI is InChI=1S/C15H18BrN3/c1-3-10-17-14-8-5-9-15(19-14)18-13-7-4-6-12(16)11(13)2/h4-9H,3,10H2,1-2H3,(H2,17,18,19). The summed E-state index contributed by atoms with van der Waals surface area (Å²) in [5.41, 5.74) is 2.24. The van der Waals surface area contributed by atoms with Crippen molar-refractivity contribution in [1.29, 1.82) is 0 Å². The van der Waals surface area contributed by atoms with Gasteiger partial charge >= 0.3 is 0 Å². The predicted molar refractivity (Wildman–Crippen MR) is 85.2 cm³/mol. The average molecular weight is 320 g/mol. The van der Waals surface area contributed by atoms with Crippen LogP contribution in [0.1, 0.15) is 18.9 Å². The lowest BCUT2D eigenvalue weighted by atomic mass is 10.2. The molecular formula is C15H18BrN3. The lowest BCUT2D eigenvalue weighted by Gasteiger charge is -2.11. The van der Waals surface area contributed by atoms with E-state index in [4.69, 9.17) is 0 Å². The molecule has 0 fully saturated rings. The van der Waals surface area contributed by atoms with Crippen molar-refractivity contribution in [3.8, 4) is 0 Å². The largest absolute Gasteiger partial charge is 0.370 e. The van der Waals surface area contributed by atoms with Crippen molar-refractivity contribution in [3.05, 3.63) is 46.4 Å². The third kappa shape index (κ3) is 3.70. The minimum atomic E-state index is 0.849. The van der Waals surface area contributed by atoms with Crippen LogP contribution in [0.5, 0.6) is 0 Å². The number of benzene rings is 1. The van der Waals surface area contributed by atoms with Crippen LogP contribution in [0.4, 0.5) is 17.3 Å². The maximum absolute atomic E-state index is 4.54. The molecule has 0 saturated carbocycles. The average Bonchev–Trinajstić information content (AvgIpc) is 2.42. The van der Waals surface area contributed by atoms with Crippen molar-refractivity contribution in [1.82, 2.24) is 4.98 Å². The Labute approximate surface area is 122 Å². The molecule has 0 saturated heterocycles. The first-order chi connectivity index (χ1) is 9.20. The van der Waals surface area contributed by atoms with Crippen molar-refractivity contribution in [2.24, 2.45) is 0 Å². The zero-order valence-corrected chi connectivity index (χ0v) is 12.8. The Balaban J connectivity index is 2.16. The van der Waals surface area contributed by atoms with Crippen LogP contribution >= 0.6 is 15.9 Å². The molecule has 0 spiro atoms. The lowest BCUT2D eigenvalue weighted by molar-refractivity contribution is 0.970. The highest BCUT2D eigenvalue weighted by molar-refractivity contribution is 9.10. The number of nitrogens with one attached hydrogen (secondary N) is 2. The minimum absolute atomic E-state index is 0.849. The summed E-state index contributed by atoms with van der Waals surface area (Å²) in [6.07, 6.45) is 1.09. The second kappa shape index (κ2) is 6.57. The van der Waals surface area contributed by atoms with Crippen LogP contribution in [0.25, 0.3) is 0 Å². The summed E-state index contributed by atoms with van der Waals surface area (Å²) in [6.45, 7) is 5.15. The van der Waals surface area contributed by atoms with Crippen molar-refractivity contribution in [2.45, 2.75) is 20.3 Å². The van der Waals surface area contributed by atoms with Crippen LogP contribution in [0, 0.1) is 6.92 Å². The summed E-state index contributed by atoms with van der Waals surface area (Å²) in [7, 11) is 0. The molecule has 0 unspecified atom stereocenters. The van der Waals surface area contributed by atoms with Gasteiger partial charge in [0.1, 0.15) is 11.6 Å². The van der Waals surface area contributed by atoms with E-state index in [1.807, 2.05) is 36.4 Å². The van der Waals surface area contributed by atoms with E-state index in [0.29, 0.717) is 0 Å². The molecule has 1 heterocycles. The van der Waals surface area contributed by atoms with E-state index in [0.717, 1.165) is 34.8 Å². The fourth-order valence-corrected chi connectivity index (χ4v) is 2.10. The molecule has 0 aliphatic rings. The first kappa shape index (κ1) is 13.9. The zero-order valence-electron chi connectivity index (χ0n) is 11.2. The topological polar surface area (TPSA) is 37.0 Å². The van der Waals surface area contributed by atoms with Gasteiger partial charge in [-0.15, -0.1) is 0 Å². The van der Waals surface area contributed by atoms with Crippen LogP contribution < -0.4 is 10.6 Å². The third-order valence-electron chi connectivity index (χ3n) is 2.84. The number of aromatic nitrogens is 1. The van der Waals surface area contributed by atoms with E-state index in [2.05, 4.69) is 45.4 Å². The number of rotatable bonds is 5. The SMILES string of the molecule is CCCNc1cccc(Nc2cccc(Br)c2C)n1. The summed E-state index contributed by atoms with van der Waals surface area (Å²) >= 11 is 3.54. The van der Waals surface area contributed by atoms with Gasteiger partial charge in [-0.3, -0.25) is 0 Å². The molecule has 2 aromatic rings. The Morgan fingerprint density at radius 2 is 1.84 bits per heavy atom. The molecule has 0 atom stereocenters. The van der Waals surface area contributed by atoms with Gasteiger partial charge in [-0.25, -0.2) is 4.98 Å². The highest BCUT2D eigenvalue weighted by Crippen LogP contribution is 2.26. The van der Waals surface area contributed by atoms with Gasteiger partial charge in [0.2, 0.25) is 0 Å². The van der Waals surface area contributed by atoms with Gasteiger partial charge in [0.15, 0.2) is 0 Å². The second-order valence-corrected chi connectivity index (χ2v) is 5.23. The van der Waals surface area contributed by atoms with Crippen LogP contribution in [0.3, 0.4) is 0 Å². The van der Waals surface area contributed by atoms with Crippen molar-refractivity contribution in [3.63, 3.8) is 0 Å². The normalized spacial score (nSPS) is 10.3. The number of anilines is 3. The first-order valence-electron chi connectivity index (χ1n) is 6.43. The van der Waals surface area contributed by atoms with E-state index >= 15 is 0 Å². The Morgan fingerprint density at radius 1 is 1.11 bits per heavy atom. The molecule has 2 rings (SSSR count). The molecule has 2 N–H and O–H groups in total. The van der Waals surface area contributed by atoms with Crippen LogP contribution in [0.15, 0.2) is 40.9 Å². The fourth-order valence-electron chi connectivity index (χ4n) is 1.74. The minimum Gasteiger partial charge on any atom is -0.370 e. The summed E-state index contributed by atoms with van der Waals surface area (Å²) in [6, 6.07) is 12.0. The summed E-state index contributed by atoms with van der Waals surface area (Å²) in [4.78, 5) is 4.54. The Hall–Kier alpha value is -1.55. The van der Waals surface area contributed by atoms with E-state index in [1.54, 1.807) is 0 Å². The van der Waals surface area contributed by atoms with Gasteiger partial charge in [0, 0.05) is 16.7 Å². The molecule has 0 bridgehead atoms. The Kier molecular flexibility index (Phi) is 4.80. The summed E-state index contributed by atoms with van der Waals surface area (Å²) in [5.74, 6) is 1.75. The maximum Gasteiger partial charge on any atom is 0.132 e. The van der Waals surface area contributed by atoms with Crippen LogP contribution in [-0.2, 0) is 0 Å². The number of halogens is 1. The summed E-state index contributed by atoms with van der Waals surface area (Å²) in [5, 5.41) is 6.63. The second-order valence-electron chi connectivity index (χ2n) is 4.37. The van der Waals surface area contributed by atoms with E-state index in [1.165, 1.54) is 5.56 Å². The number of hydrogen-bond acceptors (Lipinski definition) is 3. The zero-order chi connectivity index (χ0) is 13.7. The molecule has 0 aliphatic carbocycles.